The zero-order chi connectivity index (χ0) is 12.3. The maximum atomic E-state index is 11.4. The van der Waals surface area contributed by atoms with Crippen LogP contribution in [0.5, 0.6) is 5.75 Å². The van der Waals surface area contributed by atoms with Crippen LogP contribution in [0, 0.1) is 5.92 Å². The number of sulfone groups is 1. The molecule has 1 aliphatic heterocycles. The van der Waals surface area contributed by atoms with E-state index in [-0.39, 0.29) is 12.4 Å². The van der Waals surface area contributed by atoms with Crippen LogP contribution in [0.4, 0.5) is 0 Å². The summed E-state index contributed by atoms with van der Waals surface area (Å²) in [4.78, 5) is 0.305. The highest BCUT2D eigenvalue weighted by atomic mass is 35.5. The number of hydrogen-bond acceptors (Lipinski definition) is 4. The first-order valence-corrected chi connectivity index (χ1v) is 7.58. The molecular weight excluding hydrogens is 274 g/mol. The van der Waals surface area contributed by atoms with E-state index in [1.165, 1.54) is 6.26 Å². The van der Waals surface area contributed by atoms with E-state index in [1.807, 2.05) is 0 Å². The number of nitrogens with one attached hydrogen (secondary N) is 1. The largest absolute Gasteiger partial charge is 0.493 e. The van der Waals surface area contributed by atoms with E-state index in [0.29, 0.717) is 23.2 Å². The van der Waals surface area contributed by atoms with Crippen molar-refractivity contribution >= 4 is 22.2 Å². The lowest BCUT2D eigenvalue weighted by atomic mass is 10.1. The highest BCUT2D eigenvalue weighted by Crippen LogP contribution is 2.18. The van der Waals surface area contributed by atoms with Crippen molar-refractivity contribution in [3.05, 3.63) is 24.3 Å². The fraction of sp³-hybridized carbons (Fsp3) is 0.500. The lowest BCUT2D eigenvalue weighted by molar-refractivity contribution is 0.259. The van der Waals surface area contributed by atoms with E-state index in [9.17, 15) is 8.42 Å². The standard InChI is InChI=1S/C12H17NO3S.ClH/c1-17(14,15)12-4-2-3-11(7-12)16-9-10-5-6-13-8-10;/h2-4,7,10,13H,5-6,8-9H2,1H3;1H. The maximum Gasteiger partial charge on any atom is 0.175 e. The van der Waals surface area contributed by atoms with Crippen LogP contribution in [0.3, 0.4) is 0 Å². The Morgan fingerprint density at radius 1 is 1.44 bits per heavy atom. The predicted molar refractivity (Wildman–Crippen MR) is 73.3 cm³/mol. The Morgan fingerprint density at radius 3 is 2.83 bits per heavy atom. The van der Waals surface area contributed by atoms with Gasteiger partial charge in [0.1, 0.15) is 5.75 Å². The van der Waals surface area contributed by atoms with Crippen LogP contribution in [0.25, 0.3) is 0 Å². The molecule has 1 atom stereocenters. The Hall–Kier alpha value is -0.780. The van der Waals surface area contributed by atoms with Crippen LogP contribution in [-0.2, 0) is 9.84 Å². The Morgan fingerprint density at radius 2 is 2.22 bits per heavy atom. The van der Waals surface area contributed by atoms with Gasteiger partial charge in [0, 0.05) is 18.7 Å². The molecule has 18 heavy (non-hydrogen) atoms. The smallest absolute Gasteiger partial charge is 0.175 e. The second-order valence-corrected chi connectivity index (χ2v) is 6.43. The van der Waals surface area contributed by atoms with E-state index >= 15 is 0 Å². The van der Waals surface area contributed by atoms with Crippen LogP contribution in [-0.4, -0.2) is 34.4 Å². The van der Waals surface area contributed by atoms with Crippen molar-refractivity contribution in [1.82, 2.24) is 5.32 Å². The van der Waals surface area contributed by atoms with Crippen LogP contribution < -0.4 is 10.1 Å². The summed E-state index contributed by atoms with van der Waals surface area (Å²) in [5.41, 5.74) is 0. The molecule has 1 aromatic rings. The second kappa shape index (κ2) is 6.41. The Kier molecular flexibility index (Phi) is 5.44. The molecule has 0 amide bonds. The molecule has 1 N–H and O–H groups in total. The van der Waals surface area contributed by atoms with Crippen LogP contribution >= 0.6 is 12.4 Å². The SMILES string of the molecule is CS(=O)(=O)c1cccc(OCC2CCNC2)c1.Cl. The lowest BCUT2D eigenvalue weighted by Gasteiger charge is -2.11. The third-order valence-corrected chi connectivity index (χ3v) is 3.99. The number of rotatable bonds is 4. The maximum absolute atomic E-state index is 11.4. The van der Waals surface area contributed by atoms with Gasteiger partial charge in [-0.05, 0) is 31.2 Å². The van der Waals surface area contributed by atoms with Crippen LogP contribution in [0.15, 0.2) is 29.2 Å². The average Bonchev–Trinajstić information content (AvgIpc) is 2.78. The third-order valence-electron chi connectivity index (χ3n) is 2.88. The minimum absolute atomic E-state index is 0. The molecule has 102 valence electrons. The summed E-state index contributed by atoms with van der Waals surface area (Å²) >= 11 is 0. The Bertz CT molecular complexity index is 484. The number of benzene rings is 1. The fourth-order valence-electron chi connectivity index (χ4n) is 1.87. The fourth-order valence-corrected chi connectivity index (χ4v) is 2.52. The Labute approximate surface area is 114 Å². The highest BCUT2D eigenvalue weighted by molar-refractivity contribution is 7.90. The molecule has 1 saturated heterocycles. The highest BCUT2D eigenvalue weighted by Gasteiger charge is 2.15. The van der Waals surface area contributed by atoms with E-state index < -0.39 is 9.84 Å². The molecule has 1 aromatic carbocycles. The van der Waals surface area contributed by atoms with Crippen molar-refractivity contribution < 1.29 is 13.2 Å². The van der Waals surface area contributed by atoms with E-state index in [0.717, 1.165) is 19.5 Å². The molecule has 1 heterocycles. The first-order chi connectivity index (χ1) is 8.05. The molecule has 1 unspecified atom stereocenters. The van der Waals surface area contributed by atoms with Gasteiger partial charge in [-0.2, -0.15) is 0 Å². The monoisotopic (exact) mass is 291 g/mol. The first kappa shape index (κ1) is 15.3. The predicted octanol–water partition coefficient (Wildman–Crippen LogP) is 1.50. The van der Waals surface area contributed by atoms with Crippen molar-refractivity contribution in [3.63, 3.8) is 0 Å². The third kappa shape index (κ3) is 4.15. The summed E-state index contributed by atoms with van der Waals surface area (Å²) in [5, 5.41) is 3.27. The number of ether oxygens (including phenoxy) is 1. The van der Waals surface area contributed by atoms with Crippen molar-refractivity contribution in [2.75, 3.05) is 26.0 Å². The van der Waals surface area contributed by atoms with Crippen molar-refractivity contribution in [2.45, 2.75) is 11.3 Å². The number of hydrogen-bond donors (Lipinski definition) is 1. The summed E-state index contributed by atoms with van der Waals surface area (Å²) < 4.78 is 28.4. The van der Waals surface area contributed by atoms with Crippen LogP contribution in [0.2, 0.25) is 0 Å². The lowest BCUT2D eigenvalue weighted by Crippen LogP contribution is -2.15. The quantitative estimate of drug-likeness (QED) is 0.913. The van der Waals surface area contributed by atoms with E-state index in [1.54, 1.807) is 24.3 Å². The van der Waals surface area contributed by atoms with Gasteiger partial charge in [0.15, 0.2) is 9.84 Å². The van der Waals surface area contributed by atoms with Gasteiger partial charge in [-0.1, -0.05) is 6.07 Å². The summed E-state index contributed by atoms with van der Waals surface area (Å²) in [5.74, 6) is 1.15. The van der Waals surface area contributed by atoms with E-state index in [4.69, 9.17) is 4.74 Å². The van der Waals surface area contributed by atoms with Gasteiger partial charge in [-0.15, -0.1) is 12.4 Å². The molecule has 0 spiro atoms. The normalized spacial score (nSPS) is 19.3. The average molecular weight is 292 g/mol. The first-order valence-electron chi connectivity index (χ1n) is 5.69. The molecule has 2 rings (SSSR count). The molecule has 0 bridgehead atoms. The van der Waals surface area contributed by atoms with Gasteiger partial charge in [-0.3, -0.25) is 0 Å². The molecule has 1 aliphatic rings. The van der Waals surface area contributed by atoms with Gasteiger partial charge in [0.05, 0.1) is 11.5 Å². The van der Waals surface area contributed by atoms with Crippen LogP contribution in [0.1, 0.15) is 6.42 Å². The van der Waals surface area contributed by atoms with E-state index in [2.05, 4.69) is 5.32 Å². The molecular formula is C12H18ClNO3S. The molecule has 0 aromatic heterocycles. The summed E-state index contributed by atoms with van der Waals surface area (Å²) in [7, 11) is -3.16. The summed E-state index contributed by atoms with van der Waals surface area (Å²) in [6.45, 7) is 2.66. The molecule has 0 saturated carbocycles. The molecule has 6 heteroatoms. The zero-order valence-electron chi connectivity index (χ0n) is 10.3. The summed E-state index contributed by atoms with van der Waals surface area (Å²) in [6, 6.07) is 6.66. The number of halogens is 1. The van der Waals surface area contributed by atoms with Gasteiger partial charge in [0.2, 0.25) is 0 Å². The van der Waals surface area contributed by atoms with Crippen molar-refractivity contribution in [2.24, 2.45) is 5.92 Å². The van der Waals surface area contributed by atoms with Gasteiger partial charge < -0.3 is 10.1 Å². The molecule has 0 radical (unpaired) electrons. The van der Waals surface area contributed by atoms with Gasteiger partial charge in [0.25, 0.3) is 0 Å². The zero-order valence-corrected chi connectivity index (χ0v) is 11.9. The summed E-state index contributed by atoms with van der Waals surface area (Å²) in [6.07, 6.45) is 2.32. The minimum Gasteiger partial charge on any atom is -0.493 e. The molecule has 1 fully saturated rings. The Balaban J connectivity index is 0.00000162. The molecule has 0 aliphatic carbocycles. The van der Waals surface area contributed by atoms with Gasteiger partial charge in [-0.25, -0.2) is 8.42 Å². The van der Waals surface area contributed by atoms with Crippen molar-refractivity contribution in [1.29, 1.82) is 0 Å². The topological polar surface area (TPSA) is 55.4 Å². The minimum atomic E-state index is -3.16. The second-order valence-electron chi connectivity index (χ2n) is 4.42. The van der Waals surface area contributed by atoms with Crippen molar-refractivity contribution in [3.8, 4) is 5.75 Å². The molecule has 4 nitrogen and oxygen atoms in total. The van der Waals surface area contributed by atoms with Gasteiger partial charge >= 0.3 is 0 Å².